The summed E-state index contributed by atoms with van der Waals surface area (Å²) in [5.41, 5.74) is 2.87. The largest absolute Gasteiger partial charge is 0.352 e. The van der Waals surface area contributed by atoms with Gasteiger partial charge in [0.05, 0.1) is 10.6 Å². The minimum Gasteiger partial charge on any atom is -0.352 e. The van der Waals surface area contributed by atoms with Crippen molar-refractivity contribution in [1.29, 1.82) is 0 Å². The summed E-state index contributed by atoms with van der Waals surface area (Å²) in [6, 6.07) is 22.1. The molecule has 1 N–H and O–H groups in total. The third kappa shape index (κ3) is 7.01. The molecular weight excluding hydrogens is 498 g/mol. The van der Waals surface area contributed by atoms with Gasteiger partial charge in [-0.05, 0) is 69.0 Å². The Hall–Kier alpha value is -3.65. The zero-order valence-electron chi connectivity index (χ0n) is 22.7. The van der Waals surface area contributed by atoms with Gasteiger partial charge in [-0.2, -0.15) is 0 Å². The molecule has 0 saturated carbocycles. The van der Waals surface area contributed by atoms with Crippen LogP contribution in [0.25, 0.3) is 0 Å². The van der Waals surface area contributed by atoms with Crippen molar-refractivity contribution in [1.82, 2.24) is 10.2 Å². The van der Waals surface area contributed by atoms with Crippen LogP contribution in [-0.4, -0.2) is 43.8 Å². The van der Waals surface area contributed by atoms with E-state index in [1.54, 1.807) is 24.3 Å². The van der Waals surface area contributed by atoms with Crippen LogP contribution in [0, 0.1) is 13.8 Å². The summed E-state index contributed by atoms with van der Waals surface area (Å²) in [6.07, 6.45) is 0.381. The fourth-order valence-corrected chi connectivity index (χ4v) is 5.79. The smallest absolute Gasteiger partial charge is 0.264 e. The van der Waals surface area contributed by atoms with Crippen molar-refractivity contribution in [2.24, 2.45) is 0 Å². The number of carbonyl (C=O) groups excluding carboxylic acids is 2. The molecule has 0 aromatic heterocycles. The average molecular weight is 536 g/mol. The molecule has 0 aliphatic heterocycles. The van der Waals surface area contributed by atoms with E-state index in [9.17, 15) is 18.0 Å². The van der Waals surface area contributed by atoms with Crippen LogP contribution >= 0.6 is 0 Å². The first-order chi connectivity index (χ1) is 18.0. The Labute approximate surface area is 226 Å². The van der Waals surface area contributed by atoms with E-state index >= 15 is 0 Å². The lowest BCUT2D eigenvalue weighted by atomic mass is 10.1. The summed E-state index contributed by atoms with van der Waals surface area (Å²) in [7, 11) is -4.08. The van der Waals surface area contributed by atoms with E-state index in [0.717, 1.165) is 21.0 Å². The molecule has 0 radical (unpaired) electrons. The minimum atomic E-state index is -4.08. The lowest BCUT2D eigenvalue weighted by molar-refractivity contribution is -0.140. The fourth-order valence-electron chi connectivity index (χ4n) is 4.30. The van der Waals surface area contributed by atoms with Gasteiger partial charge in [-0.3, -0.25) is 13.9 Å². The molecule has 0 unspecified atom stereocenters. The molecule has 2 amide bonds. The van der Waals surface area contributed by atoms with Crippen LogP contribution in [0.4, 0.5) is 5.69 Å². The predicted molar refractivity (Wildman–Crippen MR) is 151 cm³/mol. The molecule has 0 fully saturated rings. The van der Waals surface area contributed by atoms with Crippen LogP contribution < -0.4 is 9.62 Å². The summed E-state index contributed by atoms with van der Waals surface area (Å²) < 4.78 is 29.0. The molecule has 1 atom stereocenters. The first-order valence-electron chi connectivity index (χ1n) is 12.8. The molecule has 202 valence electrons. The van der Waals surface area contributed by atoms with Gasteiger partial charge in [-0.25, -0.2) is 8.42 Å². The summed E-state index contributed by atoms with van der Waals surface area (Å²) >= 11 is 0. The molecule has 3 rings (SSSR count). The van der Waals surface area contributed by atoms with Gasteiger partial charge in [0.15, 0.2) is 0 Å². The van der Waals surface area contributed by atoms with Crippen LogP contribution in [0.15, 0.2) is 83.8 Å². The number of hydrogen-bond donors (Lipinski definition) is 1. The molecule has 7 nitrogen and oxygen atoms in total. The zero-order valence-corrected chi connectivity index (χ0v) is 23.5. The Bertz CT molecular complexity index is 1340. The lowest BCUT2D eigenvalue weighted by Gasteiger charge is -2.34. The molecule has 0 heterocycles. The number of nitrogens with one attached hydrogen (secondary N) is 1. The molecule has 0 saturated heterocycles. The number of sulfonamides is 1. The number of aryl methyl sites for hydroxylation is 2. The first kappa shape index (κ1) is 28.9. The third-order valence-electron chi connectivity index (χ3n) is 6.26. The van der Waals surface area contributed by atoms with Gasteiger partial charge in [-0.15, -0.1) is 0 Å². The molecule has 3 aromatic rings. The van der Waals surface area contributed by atoms with Crippen molar-refractivity contribution in [3.05, 3.63) is 95.6 Å². The Morgan fingerprint density at radius 1 is 0.895 bits per heavy atom. The van der Waals surface area contributed by atoms with Crippen LogP contribution in [0.2, 0.25) is 0 Å². The Morgan fingerprint density at radius 3 is 2.08 bits per heavy atom. The normalized spacial score (nSPS) is 12.2. The standard InChI is InChI=1S/C30H37N3O4S/c1-6-27(30(35)31-22(2)3)32(20-25-13-9-7-10-14-25)29(34)21-33(28-19-23(4)17-18-24(28)5)38(36,37)26-15-11-8-12-16-26/h7-19,22,27H,6,20-21H2,1-5H3,(H,31,35)/t27-/m1/s1. The third-order valence-corrected chi connectivity index (χ3v) is 8.03. The van der Waals surface area contributed by atoms with Gasteiger partial charge in [0.1, 0.15) is 12.6 Å². The molecule has 0 spiro atoms. The topological polar surface area (TPSA) is 86.8 Å². The van der Waals surface area contributed by atoms with Gasteiger partial charge in [0, 0.05) is 12.6 Å². The van der Waals surface area contributed by atoms with Crippen molar-refractivity contribution < 1.29 is 18.0 Å². The maximum atomic E-state index is 14.0. The number of hydrogen-bond acceptors (Lipinski definition) is 4. The van der Waals surface area contributed by atoms with Gasteiger partial charge in [0.25, 0.3) is 10.0 Å². The van der Waals surface area contributed by atoms with E-state index in [4.69, 9.17) is 0 Å². The summed E-state index contributed by atoms with van der Waals surface area (Å²) in [4.78, 5) is 28.8. The monoisotopic (exact) mass is 535 g/mol. The maximum absolute atomic E-state index is 14.0. The van der Waals surface area contributed by atoms with E-state index in [1.165, 1.54) is 17.0 Å². The Morgan fingerprint density at radius 2 is 1.50 bits per heavy atom. The Balaban J connectivity index is 2.08. The van der Waals surface area contributed by atoms with Crippen molar-refractivity contribution in [3.8, 4) is 0 Å². The number of carbonyl (C=O) groups is 2. The second-order valence-electron chi connectivity index (χ2n) is 9.71. The van der Waals surface area contributed by atoms with Crippen molar-refractivity contribution >= 4 is 27.5 Å². The predicted octanol–water partition coefficient (Wildman–Crippen LogP) is 4.83. The second kappa shape index (κ2) is 12.7. The van der Waals surface area contributed by atoms with E-state index in [0.29, 0.717) is 12.1 Å². The Kier molecular flexibility index (Phi) is 9.69. The van der Waals surface area contributed by atoms with Crippen LogP contribution in [0.3, 0.4) is 0 Å². The highest BCUT2D eigenvalue weighted by Gasteiger charge is 2.34. The first-order valence-corrected chi connectivity index (χ1v) is 14.3. The van der Waals surface area contributed by atoms with Gasteiger partial charge in [-0.1, -0.05) is 67.6 Å². The highest BCUT2D eigenvalue weighted by molar-refractivity contribution is 7.92. The molecule has 0 aliphatic rings. The summed E-state index contributed by atoms with van der Waals surface area (Å²) in [6.45, 7) is 9.00. The van der Waals surface area contributed by atoms with Crippen molar-refractivity contribution in [2.45, 2.75) is 64.6 Å². The van der Waals surface area contributed by atoms with E-state index in [2.05, 4.69) is 5.32 Å². The molecule has 0 aliphatic carbocycles. The van der Waals surface area contributed by atoms with E-state index < -0.39 is 28.5 Å². The van der Waals surface area contributed by atoms with Crippen LogP contribution in [0.1, 0.15) is 43.9 Å². The molecule has 8 heteroatoms. The SMILES string of the molecule is CC[C@H](C(=O)NC(C)C)N(Cc1ccccc1)C(=O)CN(c1cc(C)ccc1C)S(=O)(=O)c1ccccc1. The highest BCUT2D eigenvalue weighted by atomic mass is 32.2. The molecule has 38 heavy (non-hydrogen) atoms. The number of nitrogens with zero attached hydrogens (tertiary/aromatic N) is 2. The van der Waals surface area contributed by atoms with Crippen LogP contribution in [0.5, 0.6) is 0 Å². The molecule has 3 aromatic carbocycles. The number of anilines is 1. The van der Waals surface area contributed by atoms with Gasteiger partial charge in [0.2, 0.25) is 11.8 Å². The average Bonchev–Trinajstić information content (AvgIpc) is 2.89. The quantitative estimate of drug-likeness (QED) is 0.381. The number of rotatable bonds is 11. The second-order valence-corrected chi connectivity index (χ2v) is 11.6. The fraction of sp³-hybridized carbons (Fsp3) is 0.333. The van der Waals surface area contributed by atoms with Crippen LogP contribution in [-0.2, 0) is 26.2 Å². The summed E-state index contributed by atoms with van der Waals surface area (Å²) in [5.74, 6) is -0.726. The number of benzene rings is 3. The van der Waals surface area contributed by atoms with Gasteiger partial charge >= 0.3 is 0 Å². The van der Waals surface area contributed by atoms with E-state index in [1.807, 2.05) is 77.1 Å². The zero-order chi connectivity index (χ0) is 27.9. The molecular formula is C30H37N3O4S. The van der Waals surface area contributed by atoms with Crippen molar-refractivity contribution in [2.75, 3.05) is 10.8 Å². The maximum Gasteiger partial charge on any atom is 0.264 e. The summed E-state index contributed by atoms with van der Waals surface area (Å²) in [5, 5.41) is 2.91. The van der Waals surface area contributed by atoms with E-state index in [-0.39, 0.29) is 23.4 Å². The van der Waals surface area contributed by atoms with Crippen molar-refractivity contribution in [3.63, 3.8) is 0 Å². The number of amides is 2. The lowest BCUT2D eigenvalue weighted by Crippen LogP contribution is -2.53. The highest BCUT2D eigenvalue weighted by Crippen LogP contribution is 2.28. The molecule has 0 bridgehead atoms. The van der Waals surface area contributed by atoms with Gasteiger partial charge < -0.3 is 10.2 Å². The minimum absolute atomic E-state index is 0.0907.